The van der Waals surface area contributed by atoms with Crippen LogP contribution in [-0.4, -0.2) is 11.7 Å². The largest absolute Gasteiger partial charge is 0.384 e. The summed E-state index contributed by atoms with van der Waals surface area (Å²) in [4.78, 5) is 0. The first-order valence-electron chi connectivity index (χ1n) is 5.11. The molecule has 84 valence electrons. The standard InChI is InChI=1S/C12H18FNO/c1-8(2)12(15,7-14)10-4-5-11(13)9(3)6-10/h4-6,8,15H,7,14H2,1-3H3. The van der Waals surface area contributed by atoms with E-state index in [-0.39, 0.29) is 18.3 Å². The van der Waals surface area contributed by atoms with Gasteiger partial charge in [0.1, 0.15) is 11.4 Å². The van der Waals surface area contributed by atoms with E-state index >= 15 is 0 Å². The number of hydrogen-bond donors (Lipinski definition) is 2. The van der Waals surface area contributed by atoms with Crippen molar-refractivity contribution in [3.63, 3.8) is 0 Å². The molecule has 0 spiro atoms. The first kappa shape index (κ1) is 12.1. The fourth-order valence-electron chi connectivity index (χ4n) is 1.60. The highest BCUT2D eigenvalue weighted by atomic mass is 19.1. The van der Waals surface area contributed by atoms with Crippen LogP contribution in [0.2, 0.25) is 0 Å². The average Bonchev–Trinajstić information content (AvgIpc) is 2.20. The fraction of sp³-hybridized carbons (Fsp3) is 0.500. The van der Waals surface area contributed by atoms with Crippen LogP contribution in [0.4, 0.5) is 4.39 Å². The molecule has 0 heterocycles. The molecule has 0 aliphatic heterocycles. The highest BCUT2D eigenvalue weighted by Gasteiger charge is 2.31. The van der Waals surface area contributed by atoms with Crippen LogP contribution in [0.15, 0.2) is 18.2 Å². The number of aryl methyl sites for hydroxylation is 1. The normalized spacial score (nSPS) is 15.4. The number of nitrogens with two attached hydrogens (primary N) is 1. The summed E-state index contributed by atoms with van der Waals surface area (Å²) in [6, 6.07) is 4.62. The van der Waals surface area contributed by atoms with E-state index in [0.717, 1.165) is 0 Å². The molecule has 0 saturated heterocycles. The van der Waals surface area contributed by atoms with Gasteiger partial charge in [-0.2, -0.15) is 0 Å². The molecule has 0 radical (unpaired) electrons. The minimum Gasteiger partial charge on any atom is -0.384 e. The molecular weight excluding hydrogens is 193 g/mol. The second-order valence-electron chi connectivity index (χ2n) is 4.25. The topological polar surface area (TPSA) is 46.2 Å². The van der Waals surface area contributed by atoms with Gasteiger partial charge in [-0.1, -0.05) is 26.0 Å². The molecule has 1 rings (SSSR count). The molecule has 15 heavy (non-hydrogen) atoms. The first-order chi connectivity index (χ1) is 6.91. The van der Waals surface area contributed by atoms with Gasteiger partial charge >= 0.3 is 0 Å². The Morgan fingerprint density at radius 1 is 1.47 bits per heavy atom. The van der Waals surface area contributed by atoms with Gasteiger partial charge in [0.2, 0.25) is 0 Å². The van der Waals surface area contributed by atoms with Crippen molar-refractivity contribution in [1.82, 2.24) is 0 Å². The van der Waals surface area contributed by atoms with E-state index in [2.05, 4.69) is 0 Å². The zero-order valence-electron chi connectivity index (χ0n) is 9.42. The van der Waals surface area contributed by atoms with Crippen LogP contribution < -0.4 is 5.73 Å². The summed E-state index contributed by atoms with van der Waals surface area (Å²) >= 11 is 0. The van der Waals surface area contributed by atoms with Gasteiger partial charge in [0.05, 0.1) is 0 Å². The van der Waals surface area contributed by atoms with E-state index in [1.165, 1.54) is 6.07 Å². The predicted molar refractivity (Wildman–Crippen MR) is 58.9 cm³/mol. The fourth-order valence-corrected chi connectivity index (χ4v) is 1.60. The van der Waals surface area contributed by atoms with Crippen molar-refractivity contribution in [1.29, 1.82) is 0 Å². The van der Waals surface area contributed by atoms with Gasteiger partial charge in [0, 0.05) is 6.54 Å². The van der Waals surface area contributed by atoms with Crippen molar-refractivity contribution in [3.05, 3.63) is 35.1 Å². The number of aliphatic hydroxyl groups is 1. The summed E-state index contributed by atoms with van der Waals surface area (Å²) in [7, 11) is 0. The van der Waals surface area contributed by atoms with Gasteiger partial charge in [0.15, 0.2) is 0 Å². The Morgan fingerprint density at radius 2 is 2.07 bits per heavy atom. The number of halogens is 1. The second-order valence-corrected chi connectivity index (χ2v) is 4.25. The van der Waals surface area contributed by atoms with Gasteiger partial charge in [-0.15, -0.1) is 0 Å². The highest BCUT2D eigenvalue weighted by Crippen LogP contribution is 2.29. The van der Waals surface area contributed by atoms with E-state index in [9.17, 15) is 9.50 Å². The van der Waals surface area contributed by atoms with Crippen molar-refractivity contribution in [2.24, 2.45) is 11.7 Å². The maximum absolute atomic E-state index is 13.1. The molecule has 3 heteroatoms. The van der Waals surface area contributed by atoms with Crippen LogP contribution in [0.1, 0.15) is 25.0 Å². The van der Waals surface area contributed by atoms with Crippen LogP contribution in [0, 0.1) is 18.7 Å². The summed E-state index contributed by atoms with van der Waals surface area (Å²) in [6.45, 7) is 5.60. The molecule has 0 bridgehead atoms. The molecule has 1 aromatic carbocycles. The Bertz CT molecular complexity index is 351. The lowest BCUT2D eigenvalue weighted by Gasteiger charge is -2.31. The molecule has 0 aliphatic carbocycles. The minimum atomic E-state index is -1.07. The Labute approximate surface area is 89.9 Å². The van der Waals surface area contributed by atoms with Crippen LogP contribution in [0.5, 0.6) is 0 Å². The van der Waals surface area contributed by atoms with Crippen LogP contribution in [-0.2, 0) is 5.60 Å². The summed E-state index contributed by atoms with van der Waals surface area (Å²) in [6.07, 6.45) is 0. The molecule has 0 saturated carbocycles. The summed E-state index contributed by atoms with van der Waals surface area (Å²) in [5.74, 6) is -0.269. The van der Waals surface area contributed by atoms with E-state index in [1.54, 1.807) is 19.1 Å². The lowest BCUT2D eigenvalue weighted by atomic mass is 9.83. The second kappa shape index (κ2) is 4.29. The molecule has 3 N–H and O–H groups in total. The monoisotopic (exact) mass is 211 g/mol. The number of benzene rings is 1. The number of hydrogen-bond acceptors (Lipinski definition) is 2. The van der Waals surface area contributed by atoms with Gasteiger partial charge in [0.25, 0.3) is 0 Å². The van der Waals surface area contributed by atoms with Crippen LogP contribution in [0.25, 0.3) is 0 Å². The Morgan fingerprint density at radius 3 is 2.47 bits per heavy atom. The van der Waals surface area contributed by atoms with Crippen molar-refractivity contribution in [2.45, 2.75) is 26.4 Å². The van der Waals surface area contributed by atoms with E-state index in [4.69, 9.17) is 5.73 Å². The van der Waals surface area contributed by atoms with E-state index in [1.807, 2.05) is 13.8 Å². The van der Waals surface area contributed by atoms with Crippen molar-refractivity contribution in [3.8, 4) is 0 Å². The highest BCUT2D eigenvalue weighted by molar-refractivity contribution is 5.29. The predicted octanol–water partition coefficient (Wildman–Crippen LogP) is 1.94. The minimum absolute atomic E-state index is 0.00707. The molecule has 0 fully saturated rings. The molecule has 0 aromatic heterocycles. The zero-order valence-corrected chi connectivity index (χ0v) is 9.42. The summed E-state index contributed by atoms with van der Waals surface area (Å²) in [5, 5.41) is 10.3. The first-order valence-corrected chi connectivity index (χ1v) is 5.11. The molecule has 1 atom stereocenters. The smallest absolute Gasteiger partial charge is 0.126 e. The molecular formula is C12H18FNO. The molecule has 0 aliphatic rings. The van der Waals surface area contributed by atoms with Gasteiger partial charge in [-0.3, -0.25) is 0 Å². The van der Waals surface area contributed by atoms with Crippen molar-refractivity contribution >= 4 is 0 Å². The molecule has 1 unspecified atom stereocenters. The molecule has 2 nitrogen and oxygen atoms in total. The third kappa shape index (κ3) is 2.19. The van der Waals surface area contributed by atoms with Gasteiger partial charge in [-0.05, 0) is 30.0 Å². The lowest BCUT2D eigenvalue weighted by Crippen LogP contribution is -2.40. The lowest BCUT2D eigenvalue weighted by molar-refractivity contribution is -0.00124. The van der Waals surface area contributed by atoms with Crippen LogP contribution >= 0.6 is 0 Å². The van der Waals surface area contributed by atoms with Gasteiger partial charge < -0.3 is 10.8 Å². The Hall–Kier alpha value is -0.930. The summed E-state index contributed by atoms with van der Waals surface area (Å²) < 4.78 is 13.1. The third-order valence-corrected chi connectivity index (χ3v) is 2.92. The van der Waals surface area contributed by atoms with Gasteiger partial charge in [-0.25, -0.2) is 4.39 Å². The number of rotatable bonds is 3. The van der Waals surface area contributed by atoms with Crippen molar-refractivity contribution in [2.75, 3.05) is 6.54 Å². The average molecular weight is 211 g/mol. The maximum Gasteiger partial charge on any atom is 0.126 e. The van der Waals surface area contributed by atoms with E-state index in [0.29, 0.717) is 11.1 Å². The third-order valence-electron chi connectivity index (χ3n) is 2.92. The molecule has 1 aromatic rings. The quantitative estimate of drug-likeness (QED) is 0.802. The SMILES string of the molecule is Cc1cc(C(O)(CN)C(C)C)ccc1F. The maximum atomic E-state index is 13.1. The van der Waals surface area contributed by atoms with Crippen LogP contribution in [0.3, 0.4) is 0 Å². The zero-order chi connectivity index (χ0) is 11.6. The van der Waals surface area contributed by atoms with Crippen molar-refractivity contribution < 1.29 is 9.50 Å². The summed E-state index contributed by atoms with van der Waals surface area (Å²) in [5.41, 5.74) is 5.72. The Balaban J connectivity index is 3.19. The van der Waals surface area contributed by atoms with E-state index < -0.39 is 5.60 Å². The molecule has 0 amide bonds. The Kier molecular flexibility index (Phi) is 3.47.